The molecular formula is C20H34N2O. The highest BCUT2D eigenvalue weighted by Crippen LogP contribution is 2.23. The van der Waals surface area contributed by atoms with Gasteiger partial charge in [0.2, 0.25) is 0 Å². The summed E-state index contributed by atoms with van der Waals surface area (Å²) in [5.74, 6) is 0.775. The second-order valence-corrected chi connectivity index (χ2v) is 7.57. The van der Waals surface area contributed by atoms with Crippen LogP contribution in [-0.2, 0) is 0 Å². The van der Waals surface area contributed by atoms with Gasteiger partial charge in [-0.1, -0.05) is 26.0 Å². The van der Waals surface area contributed by atoms with E-state index in [2.05, 4.69) is 62.2 Å². The number of rotatable bonds is 7. The Balaban J connectivity index is 1.86. The molecule has 0 saturated carbocycles. The van der Waals surface area contributed by atoms with Gasteiger partial charge in [-0.25, -0.2) is 0 Å². The lowest BCUT2D eigenvalue weighted by atomic mass is 10.0. The maximum Gasteiger partial charge on any atom is 0.0574 e. The van der Waals surface area contributed by atoms with Crippen LogP contribution in [0, 0.1) is 5.92 Å². The van der Waals surface area contributed by atoms with Crippen LogP contribution in [0.2, 0.25) is 0 Å². The van der Waals surface area contributed by atoms with Crippen LogP contribution in [0.15, 0.2) is 24.3 Å². The third-order valence-corrected chi connectivity index (χ3v) is 4.93. The first-order chi connectivity index (χ1) is 11.0. The Bertz CT molecular complexity index is 449. The summed E-state index contributed by atoms with van der Waals surface area (Å²) in [5.41, 5.74) is 2.63. The number of aliphatic hydroxyl groups excluding tert-OH is 1. The van der Waals surface area contributed by atoms with Crippen molar-refractivity contribution >= 4 is 5.69 Å². The van der Waals surface area contributed by atoms with E-state index in [4.69, 9.17) is 0 Å². The summed E-state index contributed by atoms with van der Waals surface area (Å²) in [6.07, 6.45) is 4.17. The number of aliphatic hydroxyl groups is 1. The van der Waals surface area contributed by atoms with Crippen molar-refractivity contribution in [2.75, 3.05) is 18.0 Å². The van der Waals surface area contributed by atoms with Crippen LogP contribution < -0.4 is 10.2 Å². The molecule has 2 atom stereocenters. The lowest BCUT2D eigenvalue weighted by molar-refractivity contribution is 0.145. The predicted molar refractivity (Wildman–Crippen MR) is 99.0 cm³/mol. The van der Waals surface area contributed by atoms with Gasteiger partial charge < -0.3 is 15.3 Å². The first-order valence-corrected chi connectivity index (χ1v) is 9.24. The van der Waals surface area contributed by atoms with Crippen molar-refractivity contribution in [3.63, 3.8) is 0 Å². The zero-order chi connectivity index (χ0) is 16.8. The Kier molecular flexibility index (Phi) is 6.91. The van der Waals surface area contributed by atoms with Crippen LogP contribution in [0.4, 0.5) is 5.69 Å². The maximum atomic E-state index is 9.62. The zero-order valence-electron chi connectivity index (χ0n) is 15.3. The SMILES string of the molecule is CC(C)CCC(C)NC(C)c1ccc(N2CCC(O)CC2)cc1. The van der Waals surface area contributed by atoms with Crippen molar-refractivity contribution < 1.29 is 5.11 Å². The third-order valence-electron chi connectivity index (χ3n) is 4.93. The van der Waals surface area contributed by atoms with Crippen LogP contribution in [0.3, 0.4) is 0 Å². The lowest BCUT2D eigenvalue weighted by Crippen LogP contribution is -2.35. The fourth-order valence-corrected chi connectivity index (χ4v) is 3.29. The van der Waals surface area contributed by atoms with E-state index < -0.39 is 0 Å². The summed E-state index contributed by atoms with van der Waals surface area (Å²) in [6, 6.07) is 9.87. The molecule has 130 valence electrons. The summed E-state index contributed by atoms with van der Waals surface area (Å²) in [7, 11) is 0. The molecule has 0 amide bonds. The lowest BCUT2D eigenvalue weighted by Gasteiger charge is -2.31. The second-order valence-electron chi connectivity index (χ2n) is 7.57. The Morgan fingerprint density at radius 2 is 1.65 bits per heavy atom. The molecule has 1 saturated heterocycles. The summed E-state index contributed by atoms with van der Waals surface area (Å²) in [5, 5.41) is 13.3. The van der Waals surface area contributed by atoms with Gasteiger partial charge in [-0.15, -0.1) is 0 Å². The molecule has 0 radical (unpaired) electrons. The number of hydrogen-bond donors (Lipinski definition) is 2. The average Bonchev–Trinajstić information content (AvgIpc) is 2.54. The number of nitrogens with zero attached hydrogens (tertiary/aromatic N) is 1. The van der Waals surface area contributed by atoms with Gasteiger partial charge in [-0.2, -0.15) is 0 Å². The molecule has 1 fully saturated rings. The molecule has 0 aliphatic carbocycles. The van der Waals surface area contributed by atoms with Gasteiger partial charge in [0.25, 0.3) is 0 Å². The predicted octanol–water partition coefficient (Wildman–Crippen LogP) is 4.12. The molecule has 3 nitrogen and oxygen atoms in total. The smallest absolute Gasteiger partial charge is 0.0574 e. The summed E-state index contributed by atoms with van der Waals surface area (Å²) >= 11 is 0. The van der Waals surface area contributed by atoms with Crippen LogP contribution in [0.25, 0.3) is 0 Å². The van der Waals surface area contributed by atoms with E-state index >= 15 is 0 Å². The average molecular weight is 319 g/mol. The molecule has 2 rings (SSSR count). The molecule has 0 aromatic heterocycles. The number of benzene rings is 1. The Labute approximate surface area is 142 Å². The Morgan fingerprint density at radius 3 is 2.22 bits per heavy atom. The van der Waals surface area contributed by atoms with Crippen molar-refractivity contribution in [1.82, 2.24) is 5.32 Å². The minimum absolute atomic E-state index is 0.109. The van der Waals surface area contributed by atoms with E-state index in [1.165, 1.54) is 24.1 Å². The molecule has 3 heteroatoms. The zero-order valence-corrected chi connectivity index (χ0v) is 15.3. The molecule has 2 N–H and O–H groups in total. The van der Waals surface area contributed by atoms with E-state index in [0.29, 0.717) is 12.1 Å². The van der Waals surface area contributed by atoms with Crippen LogP contribution in [0.1, 0.15) is 65.0 Å². The fraction of sp³-hybridized carbons (Fsp3) is 0.700. The van der Waals surface area contributed by atoms with Gasteiger partial charge in [0.15, 0.2) is 0 Å². The highest BCUT2D eigenvalue weighted by atomic mass is 16.3. The van der Waals surface area contributed by atoms with Crippen LogP contribution in [0.5, 0.6) is 0 Å². The highest BCUT2D eigenvalue weighted by molar-refractivity contribution is 5.48. The number of anilines is 1. The molecule has 1 aromatic carbocycles. The minimum Gasteiger partial charge on any atom is -0.393 e. The number of hydrogen-bond acceptors (Lipinski definition) is 3. The van der Waals surface area contributed by atoms with E-state index in [-0.39, 0.29) is 6.10 Å². The highest BCUT2D eigenvalue weighted by Gasteiger charge is 2.17. The second kappa shape index (κ2) is 8.70. The van der Waals surface area contributed by atoms with Crippen molar-refractivity contribution in [1.29, 1.82) is 0 Å². The first-order valence-electron chi connectivity index (χ1n) is 9.24. The third kappa shape index (κ3) is 5.82. The normalized spacial score (nSPS) is 19.1. The van der Waals surface area contributed by atoms with E-state index in [1.54, 1.807) is 0 Å². The van der Waals surface area contributed by atoms with Crippen molar-refractivity contribution in [3.05, 3.63) is 29.8 Å². The number of piperidine rings is 1. The molecule has 23 heavy (non-hydrogen) atoms. The molecule has 1 aliphatic rings. The summed E-state index contributed by atoms with van der Waals surface area (Å²) in [6.45, 7) is 11.0. The molecule has 0 spiro atoms. The van der Waals surface area contributed by atoms with Crippen molar-refractivity contribution in [3.8, 4) is 0 Å². The molecule has 2 unspecified atom stereocenters. The molecular weight excluding hydrogens is 284 g/mol. The standard InChI is InChI=1S/C20H34N2O/c1-15(2)5-6-16(3)21-17(4)18-7-9-19(10-8-18)22-13-11-20(23)12-14-22/h7-10,15-17,20-21,23H,5-6,11-14H2,1-4H3. The molecule has 1 heterocycles. The fourth-order valence-electron chi connectivity index (χ4n) is 3.29. The van der Waals surface area contributed by atoms with E-state index in [0.717, 1.165) is 31.8 Å². The summed E-state index contributed by atoms with van der Waals surface area (Å²) < 4.78 is 0. The Hall–Kier alpha value is -1.06. The molecule has 1 aromatic rings. The van der Waals surface area contributed by atoms with Crippen molar-refractivity contribution in [2.24, 2.45) is 5.92 Å². The summed E-state index contributed by atoms with van der Waals surface area (Å²) in [4.78, 5) is 2.37. The maximum absolute atomic E-state index is 9.62. The Morgan fingerprint density at radius 1 is 1.04 bits per heavy atom. The van der Waals surface area contributed by atoms with E-state index in [9.17, 15) is 5.11 Å². The van der Waals surface area contributed by atoms with Gasteiger partial charge in [0, 0.05) is 30.9 Å². The van der Waals surface area contributed by atoms with Gasteiger partial charge >= 0.3 is 0 Å². The molecule has 1 aliphatic heterocycles. The van der Waals surface area contributed by atoms with Gasteiger partial charge in [0.05, 0.1) is 6.10 Å². The van der Waals surface area contributed by atoms with Crippen LogP contribution >= 0.6 is 0 Å². The van der Waals surface area contributed by atoms with Crippen molar-refractivity contribution in [2.45, 2.75) is 71.6 Å². The van der Waals surface area contributed by atoms with E-state index in [1.807, 2.05) is 0 Å². The van der Waals surface area contributed by atoms with Gasteiger partial charge in [0.1, 0.15) is 0 Å². The van der Waals surface area contributed by atoms with Gasteiger partial charge in [-0.05, 0) is 63.1 Å². The molecule has 0 bridgehead atoms. The topological polar surface area (TPSA) is 35.5 Å². The minimum atomic E-state index is -0.109. The monoisotopic (exact) mass is 318 g/mol. The number of nitrogens with one attached hydrogen (secondary N) is 1. The van der Waals surface area contributed by atoms with Gasteiger partial charge in [-0.3, -0.25) is 0 Å². The quantitative estimate of drug-likeness (QED) is 0.794. The first kappa shape index (κ1) is 18.3. The largest absolute Gasteiger partial charge is 0.393 e. The van der Waals surface area contributed by atoms with Crippen LogP contribution in [-0.4, -0.2) is 30.3 Å².